The second kappa shape index (κ2) is 4.44. The van der Waals surface area contributed by atoms with Crippen LogP contribution in [0.25, 0.3) is 5.65 Å². The molecule has 16 heavy (non-hydrogen) atoms. The van der Waals surface area contributed by atoms with Gasteiger partial charge in [-0.1, -0.05) is 0 Å². The largest absolute Gasteiger partial charge is 0.353 e. The van der Waals surface area contributed by atoms with Crippen molar-refractivity contribution in [1.29, 1.82) is 0 Å². The third-order valence-electron chi connectivity index (χ3n) is 2.21. The van der Waals surface area contributed by atoms with Gasteiger partial charge in [0.1, 0.15) is 5.82 Å². The molecule has 0 aliphatic carbocycles. The molecule has 2 aromatic heterocycles. The molecule has 86 valence electrons. The minimum absolute atomic E-state index is 0.303. The molecule has 1 N–H and O–H groups in total. The van der Waals surface area contributed by atoms with Crippen molar-refractivity contribution in [2.45, 2.75) is 0 Å². The zero-order chi connectivity index (χ0) is 11.5. The number of pyridine rings is 1. The van der Waals surface area contributed by atoms with E-state index in [0.29, 0.717) is 11.6 Å². The van der Waals surface area contributed by atoms with Crippen LogP contribution in [0.2, 0.25) is 0 Å². The molecule has 2 heterocycles. The number of hydrogen-bond acceptors (Lipinski definition) is 4. The summed E-state index contributed by atoms with van der Waals surface area (Å²) in [6, 6.07) is 2.97. The Morgan fingerprint density at radius 3 is 2.94 bits per heavy atom. The van der Waals surface area contributed by atoms with Crippen molar-refractivity contribution in [1.82, 2.24) is 19.5 Å². The normalized spacial score (nSPS) is 11.2. The molecule has 0 bridgehead atoms. The van der Waals surface area contributed by atoms with E-state index in [9.17, 15) is 4.39 Å². The summed E-state index contributed by atoms with van der Waals surface area (Å²) in [5, 5.41) is 11.0. The number of aromatic nitrogens is 3. The Labute approximate surface area is 92.9 Å². The lowest BCUT2D eigenvalue weighted by atomic mass is 10.4. The van der Waals surface area contributed by atoms with E-state index in [0.717, 1.165) is 13.1 Å². The molecule has 0 amide bonds. The minimum Gasteiger partial charge on any atom is -0.353 e. The van der Waals surface area contributed by atoms with Gasteiger partial charge in [0.2, 0.25) is 5.95 Å². The van der Waals surface area contributed by atoms with Gasteiger partial charge in [0.05, 0.1) is 0 Å². The van der Waals surface area contributed by atoms with Gasteiger partial charge in [-0.15, -0.1) is 10.2 Å². The van der Waals surface area contributed by atoms with Gasteiger partial charge in [0.15, 0.2) is 5.65 Å². The molecule has 5 nitrogen and oxygen atoms in total. The zero-order valence-electron chi connectivity index (χ0n) is 9.31. The highest BCUT2D eigenvalue weighted by molar-refractivity contribution is 5.44. The lowest BCUT2D eigenvalue weighted by Crippen LogP contribution is -2.21. The first-order chi connectivity index (χ1) is 7.66. The van der Waals surface area contributed by atoms with Crippen LogP contribution in [0.5, 0.6) is 0 Å². The van der Waals surface area contributed by atoms with Crippen LogP contribution >= 0.6 is 0 Å². The zero-order valence-corrected chi connectivity index (χ0v) is 9.31. The predicted octanol–water partition coefficient (Wildman–Crippen LogP) is 0.842. The van der Waals surface area contributed by atoms with Crippen molar-refractivity contribution in [3.63, 3.8) is 0 Å². The number of fused-ring (bicyclic) bond motifs is 1. The number of nitrogens with one attached hydrogen (secondary N) is 1. The Morgan fingerprint density at radius 1 is 1.38 bits per heavy atom. The summed E-state index contributed by atoms with van der Waals surface area (Å²) >= 11 is 0. The summed E-state index contributed by atoms with van der Waals surface area (Å²) in [6.07, 6.45) is 1.37. The second-order valence-electron chi connectivity index (χ2n) is 3.83. The Morgan fingerprint density at radius 2 is 2.19 bits per heavy atom. The third-order valence-corrected chi connectivity index (χ3v) is 2.21. The molecular formula is C10H14FN5. The van der Waals surface area contributed by atoms with Gasteiger partial charge in [-0.25, -0.2) is 4.39 Å². The van der Waals surface area contributed by atoms with Gasteiger partial charge in [-0.05, 0) is 26.2 Å². The number of likely N-dealkylation sites (N-methyl/N-ethyl adjacent to an activating group) is 1. The number of rotatable bonds is 4. The first-order valence-electron chi connectivity index (χ1n) is 5.06. The molecule has 0 radical (unpaired) electrons. The van der Waals surface area contributed by atoms with Gasteiger partial charge in [-0.2, -0.15) is 0 Å². The maximum atomic E-state index is 13.0. The van der Waals surface area contributed by atoms with Crippen LogP contribution < -0.4 is 5.32 Å². The minimum atomic E-state index is -0.303. The Kier molecular flexibility index (Phi) is 3.00. The van der Waals surface area contributed by atoms with Crippen molar-refractivity contribution < 1.29 is 4.39 Å². The Hall–Kier alpha value is -1.69. The average molecular weight is 223 g/mol. The van der Waals surface area contributed by atoms with Crippen molar-refractivity contribution in [3.05, 3.63) is 24.1 Å². The van der Waals surface area contributed by atoms with Crippen LogP contribution in [0.3, 0.4) is 0 Å². The fourth-order valence-electron chi connectivity index (χ4n) is 1.38. The highest BCUT2D eigenvalue weighted by Crippen LogP contribution is 2.09. The lowest BCUT2D eigenvalue weighted by molar-refractivity contribution is 0.425. The van der Waals surface area contributed by atoms with Crippen LogP contribution in [0.4, 0.5) is 10.3 Å². The SMILES string of the molecule is CN(C)CCNc1nnc2ccc(F)cn12. The predicted molar refractivity (Wildman–Crippen MR) is 60.0 cm³/mol. The Bertz CT molecular complexity index is 479. The van der Waals surface area contributed by atoms with Gasteiger partial charge < -0.3 is 10.2 Å². The van der Waals surface area contributed by atoms with Crippen LogP contribution in [-0.4, -0.2) is 46.7 Å². The molecule has 0 aliphatic heterocycles. The third kappa shape index (κ3) is 2.27. The van der Waals surface area contributed by atoms with E-state index in [2.05, 4.69) is 20.4 Å². The summed E-state index contributed by atoms with van der Waals surface area (Å²) in [5.41, 5.74) is 0.633. The molecular weight excluding hydrogens is 209 g/mol. The van der Waals surface area contributed by atoms with Gasteiger partial charge in [-0.3, -0.25) is 4.40 Å². The molecule has 0 saturated carbocycles. The highest BCUT2D eigenvalue weighted by atomic mass is 19.1. The first-order valence-corrected chi connectivity index (χ1v) is 5.06. The molecule has 2 aromatic rings. The van der Waals surface area contributed by atoms with Crippen molar-refractivity contribution in [3.8, 4) is 0 Å². The summed E-state index contributed by atoms with van der Waals surface area (Å²) < 4.78 is 14.6. The van der Waals surface area contributed by atoms with Crippen LogP contribution in [0, 0.1) is 5.82 Å². The molecule has 0 atom stereocenters. The van der Waals surface area contributed by atoms with Crippen molar-refractivity contribution in [2.75, 3.05) is 32.5 Å². The fourth-order valence-corrected chi connectivity index (χ4v) is 1.38. The van der Waals surface area contributed by atoms with Gasteiger partial charge in [0.25, 0.3) is 0 Å². The van der Waals surface area contributed by atoms with E-state index in [1.54, 1.807) is 10.5 Å². The molecule has 6 heteroatoms. The first kappa shape index (κ1) is 10.8. The molecule has 0 aromatic carbocycles. The lowest BCUT2D eigenvalue weighted by Gasteiger charge is -2.09. The average Bonchev–Trinajstić information content (AvgIpc) is 2.60. The van der Waals surface area contributed by atoms with Crippen molar-refractivity contribution in [2.24, 2.45) is 0 Å². The van der Waals surface area contributed by atoms with Gasteiger partial charge >= 0.3 is 0 Å². The smallest absolute Gasteiger partial charge is 0.229 e. The quantitative estimate of drug-likeness (QED) is 0.834. The summed E-state index contributed by atoms with van der Waals surface area (Å²) in [7, 11) is 3.98. The summed E-state index contributed by atoms with van der Waals surface area (Å²) in [5.74, 6) is 0.263. The number of hydrogen-bond donors (Lipinski definition) is 1. The van der Waals surface area contributed by atoms with Crippen LogP contribution in [0.1, 0.15) is 0 Å². The highest BCUT2D eigenvalue weighted by Gasteiger charge is 2.04. The van der Waals surface area contributed by atoms with E-state index in [1.165, 1.54) is 12.3 Å². The van der Waals surface area contributed by atoms with E-state index >= 15 is 0 Å². The van der Waals surface area contributed by atoms with Gasteiger partial charge in [0, 0.05) is 19.3 Å². The van der Waals surface area contributed by atoms with E-state index in [4.69, 9.17) is 0 Å². The van der Waals surface area contributed by atoms with E-state index in [1.807, 2.05) is 14.1 Å². The summed E-state index contributed by atoms with van der Waals surface area (Å²) in [4.78, 5) is 2.05. The molecule has 2 rings (SSSR count). The number of halogens is 1. The van der Waals surface area contributed by atoms with E-state index < -0.39 is 0 Å². The topological polar surface area (TPSA) is 45.5 Å². The molecule has 0 unspecified atom stereocenters. The molecule has 0 spiro atoms. The summed E-state index contributed by atoms with van der Waals surface area (Å²) in [6.45, 7) is 1.62. The maximum absolute atomic E-state index is 13.0. The fraction of sp³-hybridized carbons (Fsp3) is 0.400. The molecule has 0 fully saturated rings. The Balaban J connectivity index is 2.15. The second-order valence-corrected chi connectivity index (χ2v) is 3.83. The number of nitrogens with zero attached hydrogens (tertiary/aromatic N) is 4. The number of anilines is 1. The van der Waals surface area contributed by atoms with E-state index in [-0.39, 0.29) is 5.82 Å². The van der Waals surface area contributed by atoms with Crippen LogP contribution in [-0.2, 0) is 0 Å². The van der Waals surface area contributed by atoms with Crippen LogP contribution in [0.15, 0.2) is 18.3 Å². The maximum Gasteiger partial charge on any atom is 0.229 e. The van der Waals surface area contributed by atoms with Crippen molar-refractivity contribution >= 4 is 11.6 Å². The molecule has 0 aliphatic rings. The monoisotopic (exact) mass is 223 g/mol. The standard InChI is InChI=1S/C10H14FN5/c1-15(2)6-5-12-10-14-13-9-4-3-8(11)7-16(9)10/h3-4,7H,5-6H2,1-2H3,(H,12,14). The molecule has 0 saturated heterocycles.